The molecule has 2 rings (SSSR count). The van der Waals surface area contributed by atoms with E-state index in [9.17, 15) is 0 Å². The van der Waals surface area contributed by atoms with Crippen LogP contribution < -0.4 is 0 Å². The highest BCUT2D eigenvalue weighted by molar-refractivity contribution is 9.13. The van der Waals surface area contributed by atoms with Crippen molar-refractivity contribution in [2.24, 2.45) is 0 Å². The minimum Gasteiger partial charge on any atom is -0.348 e. The monoisotopic (exact) mass is 313 g/mol. The van der Waals surface area contributed by atoms with E-state index in [4.69, 9.17) is 0 Å². The van der Waals surface area contributed by atoms with Crippen LogP contribution in [0.3, 0.4) is 0 Å². The average Bonchev–Trinajstić information content (AvgIpc) is 2.47. The van der Waals surface area contributed by atoms with E-state index in [-0.39, 0.29) is 0 Å². The van der Waals surface area contributed by atoms with Gasteiger partial charge >= 0.3 is 0 Å². The Kier molecular flexibility index (Phi) is 3.08. The Bertz CT molecular complexity index is 401. The third-order valence-electron chi connectivity index (χ3n) is 1.99. The van der Waals surface area contributed by atoms with Gasteiger partial charge in [-0.1, -0.05) is 30.3 Å². The molecule has 1 heterocycles. The Morgan fingerprint density at radius 2 is 1.50 bits per heavy atom. The van der Waals surface area contributed by atoms with E-state index in [1.807, 2.05) is 6.07 Å². The van der Waals surface area contributed by atoms with Crippen LogP contribution in [0.4, 0.5) is 0 Å². The van der Waals surface area contributed by atoms with Crippen LogP contribution in [0, 0.1) is 0 Å². The molecule has 0 bridgehead atoms. The molecular formula is C11H9Br2N. The molecule has 1 aromatic carbocycles. The van der Waals surface area contributed by atoms with Gasteiger partial charge in [-0.25, -0.2) is 0 Å². The molecule has 0 unspecified atom stereocenters. The van der Waals surface area contributed by atoms with Crippen molar-refractivity contribution in [1.82, 2.24) is 4.57 Å². The first-order chi connectivity index (χ1) is 6.75. The minimum absolute atomic E-state index is 0.908. The number of halogens is 2. The summed E-state index contributed by atoms with van der Waals surface area (Å²) in [4.78, 5) is 0. The Hall–Kier alpha value is -0.540. The molecule has 0 amide bonds. The lowest BCUT2D eigenvalue weighted by atomic mass is 10.2. The Labute approximate surface area is 100 Å². The fourth-order valence-corrected chi connectivity index (χ4v) is 2.07. The molecule has 3 heteroatoms. The molecule has 2 aromatic rings. The quantitative estimate of drug-likeness (QED) is 0.787. The van der Waals surface area contributed by atoms with Gasteiger partial charge in [-0.2, -0.15) is 0 Å². The van der Waals surface area contributed by atoms with Crippen molar-refractivity contribution in [3.63, 3.8) is 0 Å². The van der Waals surface area contributed by atoms with Gasteiger partial charge in [0.25, 0.3) is 0 Å². The zero-order valence-electron chi connectivity index (χ0n) is 7.45. The van der Waals surface area contributed by atoms with E-state index in [2.05, 4.69) is 73.1 Å². The van der Waals surface area contributed by atoms with Crippen molar-refractivity contribution in [3.05, 3.63) is 57.2 Å². The van der Waals surface area contributed by atoms with Gasteiger partial charge in [0.2, 0.25) is 0 Å². The Morgan fingerprint density at radius 1 is 0.929 bits per heavy atom. The summed E-state index contributed by atoms with van der Waals surface area (Å²) < 4.78 is 4.32. The van der Waals surface area contributed by atoms with E-state index in [1.165, 1.54) is 5.56 Å². The van der Waals surface area contributed by atoms with Crippen molar-refractivity contribution in [2.75, 3.05) is 0 Å². The smallest absolute Gasteiger partial charge is 0.0494 e. The molecule has 14 heavy (non-hydrogen) atoms. The molecule has 1 nitrogen and oxygen atoms in total. The van der Waals surface area contributed by atoms with Crippen LogP contribution in [0.1, 0.15) is 5.56 Å². The van der Waals surface area contributed by atoms with Gasteiger partial charge in [-0.3, -0.25) is 0 Å². The topological polar surface area (TPSA) is 4.93 Å². The number of hydrogen-bond donors (Lipinski definition) is 0. The maximum absolute atomic E-state index is 3.46. The number of benzene rings is 1. The van der Waals surface area contributed by atoms with E-state index in [1.54, 1.807) is 0 Å². The lowest BCUT2D eigenvalue weighted by Crippen LogP contribution is -1.95. The van der Waals surface area contributed by atoms with Crippen molar-refractivity contribution < 1.29 is 0 Å². The zero-order chi connectivity index (χ0) is 9.97. The summed E-state index contributed by atoms with van der Waals surface area (Å²) in [7, 11) is 0. The maximum Gasteiger partial charge on any atom is 0.0494 e. The van der Waals surface area contributed by atoms with Crippen LogP contribution in [-0.4, -0.2) is 4.57 Å². The Morgan fingerprint density at radius 3 is 2.07 bits per heavy atom. The summed E-state index contributed by atoms with van der Waals surface area (Å²) in [6.07, 6.45) is 4.13. The lowest BCUT2D eigenvalue weighted by Gasteiger charge is -2.01. The van der Waals surface area contributed by atoms with E-state index >= 15 is 0 Å². The van der Waals surface area contributed by atoms with Crippen molar-refractivity contribution >= 4 is 31.9 Å². The molecule has 0 N–H and O–H groups in total. The van der Waals surface area contributed by atoms with Gasteiger partial charge in [0.15, 0.2) is 0 Å². The first-order valence-corrected chi connectivity index (χ1v) is 5.89. The van der Waals surface area contributed by atoms with Gasteiger partial charge in [0, 0.05) is 27.9 Å². The number of hydrogen-bond acceptors (Lipinski definition) is 0. The SMILES string of the molecule is Brc1cn(Cc2ccccc2)cc1Br. The number of aromatic nitrogens is 1. The predicted molar refractivity (Wildman–Crippen MR) is 65.4 cm³/mol. The molecule has 0 aliphatic carbocycles. The molecule has 0 radical (unpaired) electrons. The number of rotatable bonds is 2. The van der Waals surface area contributed by atoms with E-state index in [0.29, 0.717) is 0 Å². The zero-order valence-corrected chi connectivity index (χ0v) is 10.6. The largest absolute Gasteiger partial charge is 0.348 e. The van der Waals surface area contributed by atoms with Crippen LogP contribution in [0.2, 0.25) is 0 Å². The van der Waals surface area contributed by atoms with Gasteiger partial charge in [-0.15, -0.1) is 0 Å². The average molecular weight is 315 g/mol. The van der Waals surface area contributed by atoms with Crippen LogP contribution in [0.15, 0.2) is 51.7 Å². The summed E-state index contributed by atoms with van der Waals surface area (Å²) in [5.41, 5.74) is 1.31. The molecule has 0 atom stereocenters. The molecule has 0 fully saturated rings. The molecule has 1 aromatic heterocycles. The van der Waals surface area contributed by atoms with E-state index < -0.39 is 0 Å². The maximum atomic E-state index is 3.46. The van der Waals surface area contributed by atoms with Gasteiger partial charge in [0.1, 0.15) is 0 Å². The normalized spacial score (nSPS) is 10.4. The molecule has 0 aliphatic heterocycles. The molecule has 0 spiro atoms. The minimum atomic E-state index is 0.908. The van der Waals surface area contributed by atoms with Gasteiger partial charge in [-0.05, 0) is 37.4 Å². The van der Waals surface area contributed by atoms with Gasteiger partial charge < -0.3 is 4.57 Å². The lowest BCUT2D eigenvalue weighted by molar-refractivity contribution is 0.804. The predicted octanol–water partition coefficient (Wildman–Crippen LogP) is 4.06. The first kappa shape index (κ1) is 9.99. The van der Waals surface area contributed by atoms with Crippen LogP contribution in [-0.2, 0) is 6.54 Å². The molecular weight excluding hydrogens is 306 g/mol. The molecule has 72 valence electrons. The highest BCUT2D eigenvalue weighted by Gasteiger charge is 2.00. The molecule has 0 saturated heterocycles. The van der Waals surface area contributed by atoms with Crippen molar-refractivity contribution in [2.45, 2.75) is 6.54 Å². The second-order valence-corrected chi connectivity index (χ2v) is 4.82. The fraction of sp³-hybridized carbons (Fsp3) is 0.0909. The summed E-state index contributed by atoms with van der Waals surface area (Å²) >= 11 is 6.92. The highest BCUT2D eigenvalue weighted by Crippen LogP contribution is 2.23. The van der Waals surface area contributed by atoms with Crippen molar-refractivity contribution in [1.29, 1.82) is 0 Å². The second kappa shape index (κ2) is 4.32. The first-order valence-electron chi connectivity index (χ1n) is 4.30. The highest BCUT2D eigenvalue weighted by atomic mass is 79.9. The third-order valence-corrected chi connectivity index (χ3v) is 3.79. The van der Waals surface area contributed by atoms with Crippen LogP contribution in [0.5, 0.6) is 0 Å². The van der Waals surface area contributed by atoms with Crippen molar-refractivity contribution in [3.8, 4) is 0 Å². The number of nitrogens with zero attached hydrogens (tertiary/aromatic N) is 1. The summed E-state index contributed by atoms with van der Waals surface area (Å²) in [5, 5.41) is 0. The van der Waals surface area contributed by atoms with E-state index in [0.717, 1.165) is 15.5 Å². The molecule has 0 saturated carbocycles. The standard InChI is InChI=1S/C11H9Br2N/c12-10-7-14(8-11(10)13)6-9-4-2-1-3-5-9/h1-5,7-8H,6H2. The summed E-state index contributed by atoms with van der Waals surface area (Å²) in [5.74, 6) is 0. The molecule has 0 aliphatic rings. The summed E-state index contributed by atoms with van der Waals surface area (Å²) in [6.45, 7) is 0.908. The van der Waals surface area contributed by atoms with Crippen LogP contribution >= 0.6 is 31.9 Å². The second-order valence-electron chi connectivity index (χ2n) is 3.11. The third kappa shape index (κ3) is 2.28. The summed E-state index contributed by atoms with van der Waals surface area (Å²) in [6, 6.07) is 10.4. The Balaban J connectivity index is 2.19. The van der Waals surface area contributed by atoms with Gasteiger partial charge in [0.05, 0.1) is 0 Å². The fourth-order valence-electron chi connectivity index (χ4n) is 1.34. The van der Waals surface area contributed by atoms with Crippen LogP contribution in [0.25, 0.3) is 0 Å².